The van der Waals surface area contributed by atoms with E-state index in [2.05, 4.69) is 16.4 Å². The third-order valence-corrected chi connectivity index (χ3v) is 2.57. The molecular weight excluding hydrogens is 230 g/mol. The van der Waals surface area contributed by atoms with Gasteiger partial charge < -0.3 is 15.5 Å². The van der Waals surface area contributed by atoms with Crippen molar-refractivity contribution in [2.45, 2.75) is 6.10 Å². The van der Waals surface area contributed by atoms with Crippen molar-refractivity contribution in [3.8, 4) is 6.07 Å². The van der Waals surface area contributed by atoms with Crippen molar-refractivity contribution in [2.75, 3.05) is 18.5 Å². The summed E-state index contributed by atoms with van der Waals surface area (Å²) in [6.45, 7) is -0.127. The van der Waals surface area contributed by atoms with E-state index in [4.69, 9.17) is 10.4 Å². The second kappa shape index (κ2) is 5.45. The van der Waals surface area contributed by atoms with Crippen molar-refractivity contribution in [1.82, 2.24) is 4.98 Å². The Balaban J connectivity index is 2.33. The molecule has 5 nitrogen and oxygen atoms in total. The van der Waals surface area contributed by atoms with Gasteiger partial charge in [-0.1, -0.05) is 18.2 Å². The first-order chi connectivity index (χ1) is 8.74. The number of aromatic nitrogens is 1. The van der Waals surface area contributed by atoms with E-state index >= 15 is 0 Å². The van der Waals surface area contributed by atoms with Gasteiger partial charge in [0.05, 0.1) is 29.9 Å². The number of pyridine rings is 1. The molecule has 0 radical (unpaired) electrons. The van der Waals surface area contributed by atoms with Crippen molar-refractivity contribution in [3.05, 3.63) is 35.9 Å². The lowest BCUT2D eigenvalue weighted by atomic mass is 10.1. The van der Waals surface area contributed by atoms with Gasteiger partial charge in [-0.3, -0.25) is 0 Å². The van der Waals surface area contributed by atoms with Crippen LogP contribution in [0, 0.1) is 11.3 Å². The number of hydrogen-bond donors (Lipinski definition) is 3. The Bertz CT molecular complexity index is 592. The molecule has 0 aliphatic heterocycles. The van der Waals surface area contributed by atoms with Crippen molar-refractivity contribution < 1.29 is 10.2 Å². The molecule has 0 amide bonds. The van der Waals surface area contributed by atoms with E-state index in [0.717, 1.165) is 10.9 Å². The lowest BCUT2D eigenvalue weighted by molar-refractivity contribution is 0.105. The largest absolute Gasteiger partial charge is 0.394 e. The summed E-state index contributed by atoms with van der Waals surface area (Å²) in [7, 11) is 0. The highest BCUT2D eigenvalue weighted by Crippen LogP contribution is 2.19. The standard InChI is InChI=1S/C13H13N3O2/c14-6-9-5-13(15-7-10(18)8-17)16-12-4-2-1-3-11(9)12/h1-5,10,17-18H,7-8H2,(H,15,16). The van der Waals surface area contributed by atoms with Gasteiger partial charge >= 0.3 is 0 Å². The van der Waals surface area contributed by atoms with E-state index in [1.807, 2.05) is 24.3 Å². The van der Waals surface area contributed by atoms with E-state index in [-0.39, 0.29) is 13.2 Å². The van der Waals surface area contributed by atoms with Gasteiger partial charge in [0.15, 0.2) is 0 Å². The maximum atomic E-state index is 9.25. The van der Waals surface area contributed by atoms with E-state index in [1.54, 1.807) is 6.07 Å². The molecular formula is C13H13N3O2. The van der Waals surface area contributed by atoms with Crippen molar-refractivity contribution in [3.63, 3.8) is 0 Å². The molecule has 2 rings (SSSR count). The molecule has 1 heterocycles. The summed E-state index contributed by atoms with van der Waals surface area (Å²) in [6, 6.07) is 11.1. The van der Waals surface area contributed by atoms with Crippen LogP contribution in [0.15, 0.2) is 30.3 Å². The smallest absolute Gasteiger partial charge is 0.128 e. The summed E-state index contributed by atoms with van der Waals surface area (Å²) >= 11 is 0. The second-order valence-electron chi connectivity index (χ2n) is 3.90. The van der Waals surface area contributed by atoms with Gasteiger partial charge in [0.2, 0.25) is 0 Å². The van der Waals surface area contributed by atoms with Crippen LogP contribution >= 0.6 is 0 Å². The lowest BCUT2D eigenvalue weighted by Gasteiger charge is -2.10. The Morgan fingerprint density at radius 2 is 2.17 bits per heavy atom. The van der Waals surface area contributed by atoms with Crippen LogP contribution in [0.2, 0.25) is 0 Å². The minimum atomic E-state index is -0.844. The van der Waals surface area contributed by atoms with E-state index in [9.17, 15) is 5.11 Å². The molecule has 2 aromatic rings. The predicted octanol–water partition coefficient (Wildman–Crippen LogP) is 0.872. The molecule has 3 N–H and O–H groups in total. The average molecular weight is 243 g/mol. The number of rotatable bonds is 4. The number of anilines is 1. The summed E-state index contributed by atoms with van der Waals surface area (Å²) in [6.07, 6.45) is -0.844. The summed E-state index contributed by atoms with van der Waals surface area (Å²) in [5.74, 6) is 0.512. The topological polar surface area (TPSA) is 89.2 Å². The first kappa shape index (κ1) is 12.3. The number of fused-ring (bicyclic) bond motifs is 1. The van der Waals surface area contributed by atoms with Crippen LogP contribution in [0.5, 0.6) is 0 Å². The molecule has 0 saturated carbocycles. The van der Waals surface area contributed by atoms with Crippen LogP contribution in [0.1, 0.15) is 5.56 Å². The van der Waals surface area contributed by atoms with Crippen LogP contribution in [-0.2, 0) is 0 Å². The number of benzene rings is 1. The fourth-order valence-corrected chi connectivity index (χ4v) is 1.65. The third kappa shape index (κ3) is 2.56. The minimum absolute atomic E-state index is 0.187. The maximum Gasteiger partial charge on any atom is 0.128 e. The van der Waals surface area contributed by atoms with E-state index in [1.165, 1.54) is 0 Å². The zero-order chi connectivity index (χ0) is 13.0. The highest BCUT2D eigenvalue weighted by Gasteiger charge is 2.06. The molecule has 1 aromatic heterocycles. The number of nitriles is 1. The molecule has 0 bridgehead atoms. The van der Waals surface area contributed by atoms with Crippen molar-refractivity contribution >= 4 is 16.7 Å². The summed E-state index contributed by atoms with van der Waals surface area (Å²) in [5.41, 5.74) is 1.25. The Kier molecular flexibility index (Phi) is 3.72. The van der Waals surface area contributed by atoms with Gasteiger partial charge in [-0.15, -0.1) is 0 Å². The normalized spacial score (nSPS) is 12.1. The molecule has 92 valence electrons. The monoisotopic (exact) mass is 243 g/mol. The number of aliphatic hydroxyl groups excluding tert-OH is 2. The number of para-hydroxylation sites is 1. The van der Waals surface area contributed by atoms with Gasteiger partial charge in [-0.2, -0.15) is 5.26 Å². The highest BCUT2D eigenvalue weighted by molar-refractivity contribution is 5.86. The van der Waals surface area contributed by atoms with Crippen molar-refractivity contribution in [1.29, 1.82) is 5.26 Å². The summed E-state index contributed by atoms with van der Waals surface area (Å²) < 4.78 is 0. The molecule has 0 aliphatic carbocycles. The average Bonchev–Trinajstić information content (AvgIpc) is 2.43. The van der Waals surface area contributed by atoms with Crippen LogP contribution in [0.4, 0.5) is 5.82 Å². The number of nitrogens with zero attached hydrogens (tertiary/aromatic N) is 2. The minimum Gasteiger partial charge on any atom is -0.394 e. The fraction of sp³-hybridized carbons (Fsp3) is 0.231. The molecule has 5 heteroatoms. The number of hydrogen-bond acceptors (Lipinski definition) is 5. The second-order valence-corrected chi connectivity index (χ2v) is 3.90. The van der Waals surface area contributed by atoms with Crippen LogP contribution < -0.4 is 5.32 Å². The first-order valence-electron chi connectivity index (χ1n) is 5.57. The summed E-state index contributed by atoms with van der Waals surface area (Å²) in [4.78, 5) is 4.34. The molecule has 0 saturated heterocycles. The van der Waals surface area contributed by atoms with Crippen molar-refractivity contribution in [2.24, 2.45) is 0 Å². The molecule has 1 aromatic carbocycles. The summed E-state index contributed by atoms with van der Waals surface area (Å²) in [5, 5.41) is 30.8. The molecule has 0 fully saturated rings. The zero-order valence-corrected chi connectivity index (χ0v) is 9.67. The van der Waals surface area contributed by atoms with Gasteiger partial charge in [-0.05, 0) is 12.1 Å². The first-order valence-corrected chi connectivity index (χ1v) is 5.57. The Labute approximate surface area is 104 Å². The van der Waals surface area contributed by atoms with Gasteiger partial charge in [0.1, 0.15) is 5.82 Å². The van der Waals surface area contributed by atoms with Crippen LogP contribution in [-0.4, -0.2) is 34.5 Å². The highest BCUT2D eigenvalue weighted by atomic mass is 16.3. The molecule has 0 spiro atoms. The molecule has 1 unspecified atom stereocenters. The van der Waals surface area contributed by atoms with E-state index in [0.29, 0.717) is 11.4 Å². The Hall–Kier alpha value is -2.16. The SMILES string of the molecule is N#Cc1cc(NCC(O)CO)nc2ccccc12. The fourth-order valence-electron chi connectivity index (χ4n) is 1.65. The number of nitrogens with one attached hydrogen (secondary N) is 1. The molecule has 1 atom stereocenters. The Morgan fingerprint density at radius 1 is 1.39 bits per heavy atom. The van der Waals surface area contributed by atoms with E-state index < -0.39 is 6.10 Å². The van der Waals surface area contributed by atoms with Crippen LogP contribution in [0.25, 0.3) is 10.9 Å². The molecule has 18 heavy (non-hydrogen) atoms. The predicted molar refractivity (Wildman–Crippen MR) is 68.0 cm³/mol. The lowest BCUT2D eigenvalue weighted by Crippen LogP contribution is -2.23. The zero-order valence-electron chi connectivity index (χ0n) is 9.67. The van der Waals surface area contributed by atoms with Crippen LogP contribution in [0.3, 0.4) is 0 Å². The third-order valence-electron chi connectivity index (χ3n) is 2.57. The van der Waals surface area contributed by atoms with Gasteiger partial charge in [0.25, 0.3) is 0 Å². The number of aliphatic hydroxyl groups is 2. The maximum absolute atomic E-state index is 9.25. The van der Waals surface area contributed by atoms with Gasteiger partial charge in [-0.25, -0.2) is 4.98 Å². The van der Waals surface area contributed by atoms with Gasteiger partial charge in [0, 0.05) is 11.9 Å². The quantitative estimate of drug-likeness (QED) is 0.741. The molecule has 0 aliphatic rings. The Morgan fingerprint density at radius 3 is 2.89 bits per heavy atom.